The molecule has 2 aromatic heterocycles. The number of para-hydroxylation sites is 2. The van der Waals surface area contributed by atoms with Crippen LogP contribution in [-0.2, 0) is 0 Å². The summed E-state index contributed by atoms with van der Waals surface area (Å²) >= 11 is 0. The molecule has 4 heteroatoms. The molecule has 3 heterocycles. The maximum Gasteiger partial charge on any atom is 0.256 e. The van der Waals surface area contributed by atoms with E-state index in [2.05, 4.69) is 4.99 Å². The fourth-order valence-electron chi connectivity index (χ4n) is 3.29. The van der Waals surface area contributed by atoms with Crippen LogP contribution < -0.4 is 10.9 Å². The van der Waals surface area contributed by atoms with Gasteiger partial charge in [-0.3, -0.25) is 9.20 Å². The predicted molar refractivity (Wildman–Crippen MR) is 84.7 cm³/mol. The van der Waals surface area contributed by atoms with Crippen LogP contribution in [0.15, 0.2) is 64.4 Å². The third-order valence-corrected chi connectivity index (χ3v) is 4.24. The highest BCUT2D eigenvalue weighted by atomic mass is 16.3. The highest BCUT2D eigenvalue weighted by molar-refractivity contribution is 5.97. The van der Waals surface area contributed by atoms with Gasteiger partial charge in [-0.2, -0.15) is 0 Å². The van der Waals surface area contributed by atoms with Crippen molar-refractivity contribution in [1.29, 1.82) is 0 Å². The van der Waals surface area contributed by atoms with Gasteiger partial charge in [-0.1, -0.05) is 30.3 Å². The topological polar surface area (TPSA) is 54.1 Å². The third-order valence-electron chi connectivity index (χ3n) is 4.24. The molecule has 1 aliphatic heterocycles. The highest BCUT2D eigenvalue weighted by Gasteiger charge is 2.21. The van der Waals surface area contributed by atoms with Crippen LogP contribution in [0.4, 0.5) is 5.69 Å². The predicted octanol–water partition coefficient (Wildman–Crippen LogP) is 2.81. The van der Waals surface area contributed by atoms with Gasteiger partial charge in [0.1, 0.15) is 5.52 Å². The largest absolute Gasteiger partial charge is 0.505 e. The van der Waals surface area contributed by atoms with Crippen molar-refractivity contribution in [3.05, 3.63) is 70.3 Å². The van der Waals surface area contributed by atoms with Crippen LogP contribution in [0.25, 0.3) is 27.5 Å². The van der Waals surface area contributed by atoms with Crippen LogP contribution in [0.1, 0.15) is 0 Å². The van der Waals surface area contributed by atoms with Gasteiger partial charge >= 0.3 is 0 Å². The maximum absolute atomic E-state index is 12.6. The zero-order valence-electron chi connectivity index (χ0n) is 11.4. The van der Waals surface area contributed by atoms with E-state index in [1.54, 1.807) is 10.5 Å². The van der Waals surface area contributed by atoms with Gasteiger partial charge in [-0.05, 0) is 18.2 Å². The van der Waals surface area contributed by atoms with Crippen LogP contribution in [0.2, 0.25) is 0 Å². The minimum atomic E-state index is -0.155. The molecule has 0 radical (unpaired) electrons. The lowest BCUT2D eigenvalue weighted by Gasteiger charge is -2.00. The molecule has 0 saturated heterocycles. The zero-order valence-corrected chi connectivity index (χ0v) is 11.4. The Morgan fingerprint density at radius 1 is 0.955 bits per heavy atom. The molecule has 1 aliphatic rings. The number of fused-ring (bicyclic) bond motifs is 7. The van der Waals surface area contributed by atoms with E-state index in [9.17, 15) is 9.90 Å². The molecule has 22 heavy (non-hydrogen) atoms. The molecule has 0 saturated carbocycles. The number of rotatable bonds is 0. The second-order valence-electron chi connectivity index (χ2n) is 5.42. The van der Waals surface area contributed by atoms with Gasteiger partial charge in [0, 0.05) is 22.6 Å². The first-order valence-electron chi connectivity index (χ1n) is 7.03. The molecule has 4 aromatic rings. The van der Waals surface area contributed by atoms with E-state index in [-0.39, 0.29) is 11.3 Å². The molecule has 5 rings (SSSR count). The molecule has 0 aliphatic carbocycles. The van der Waals surface area contributed by atoms with Gasteiger partial charge in [-0.25, -0.2) is 4.99 Å². The molecular formula is C18H10N2O2. The lowest BCUT2D eigenvalue weighted by atomic mass is 10.1. The molecule has 0 atom stereocenters. The summed E-state index contributed by atoms with van der Waals surface area (Å²) < 4.78 is 1.54. The van der Waals surface area contributed by atoms with Crippen LogP contribution in [0.5, 0.6) is 5.75 Å². The van der Waals surface area contributed by atoms with Gasteiger partial charge in [0.15, 0.2) is 5.75 Å². The highest BCUT2D eigenvalue weighted by Crippen LogP contribution is 2.35. The molecule has 0 amide bonds. The van der Waals surface area contributed by atoms with Gasteiger partial charge in [0.25, 0.3) is 5.56 Å². The summed E-state index contributed by atoms with van der Waals surface area (Å²) in [5.41, 5.74) is 3.58. The van der Waals surface area contributed by atoms with Crippen LogP contribution in [0, 0.1) is 0 Å². The number of aromatic hydroxyl groups is 1. The van der Waals surface area contributed by atoms with Crippen LogP contribution in [-0.4, -0.2) is 9.51 Å². The second-order valence-corrected chi connectivity index (χ2v) is 5.42. The monoisotopic (exact) mass is 286 g/mol. The summed E-state index contributed by atoms with van der Waals surface area (Å²) in [7, 11) is 0. The van der Waals surface area contributed by atoms with Gasteiger partial charge in [0.2, 0.25) is 0 Å². The summed E-state index contributed by atoms with van der Waals surface area (Å²) in [5.74, 6) is 0.112. The average molecular weight is 286 g/mol. The Bertz CT molecular complexity index is 1210. The van der Waals surface area contributed by atoms with E-state index < -0.39 is 0 Å². The van der Waals surface area contributed by atoms with E-state index in [0.29, 0.717) is 21.8 Å². The van der Waals surface area contributed by atoms with E-state index in [4.69, 9.17) is 0 Å². The molecular weight excluding hydrogens is 276 g/mol. The Balaban J connectivity index is 2.12. The molecule has 104 valence electrons. The molecule has 1 N–H and O–H groups in total. The lowest BCUT2D eigenvalue weighted by Crippen LogP contribution is -2.19. The number of hydrogen-bond donors (Lipinski definition) is 1. The lowest BCUT2D eigenvalue weighted by molar-refractivity contribution is 0.487. The van der Waals surface area contributed by atoms with Crippen molar-refractivity contribution in [3.63, 3.8) is 0 Å². The Morgan fingerprint density at radius 3 is 2.64 bits per heavy atom. The van der Waals surface area contributed by atoms with Crippen molar-refractivity contribution in [1.82, 2.24) is 4.40 Å². The summed E-state index contributed by atoms with van der Waals surface area (Å²) in [4.78, 5) is 17.2. The Labute approximate surface area is 124 Å². The average Bonchev–Trinajstić information content (AvgIpc) is 3.05. The minimum absolute atomic E-state index is 0.112. The van der Waals surface area contributed by atoms with Crippen molar-refractivity contribution in [2.24, 2.45) is 4.99 Å². The minimum Gasteiger partial charge on any atom is -0.505 e. The maximum atomic E-state index is 12.6. The van der Waals surface area contributed by atoms with Crippen molar-refractivity contribution in [2.75, 3.05) is 0 Å². The summed E-state index contributed by atoms with van der Waals surface area (Å²) in [6, 6.07) is 16.6. The standard InChI is InChI=1S/C18H10N2O2/c21-15-9-12-10-5-1-3-7-13(10)19-16(12)17-18(22)11-6-2-4-8-14(11)20(15)17/h1-9,22H. The van der Waals surface area contributed by atoms with Crippen LogP contribution in [0.3, 0.4) is 0 Å². The molecule has 0 bridgehead atoms. The van der Waals surface area contributed by atoms with E-state index in [0.717, 1.165) is 16.8 Å². The van der Waals surface area contributed by atoms with E-state index in [1.165, 1.54) is 0 Å². The first kappa shape index (κ1) is 11.5. The Morgan fingerprint density at radius 2 is 1.73 bits per heavy atom. The van der Waals surface area contributed by atoms with Gasteiger partial charge in [0.05, 0.1) is 16.6 Å². The summed E-state index contributed by atoms with van der Waals surface area (Å²) in [5, 5.41) is 11.9. The summed E-state index contributed by atoms with van der Waals surface area (Å²) in [6.45, 7) is 0. The quantitative estimate of drug-likeness (QED) is 0.476. The first-order chi connectivity index (χ1) is 10.8. The fraction of sp³-hybridized carbons (Fsp3) is 0. The number of nitrogens with zero attached hydrogens (tertiary/aromatic N) is 2. The zero-order chi connectivity index (χ0) is 14.8. The third kappa shape index (κ3) is 1.22. The molecule has 0 unspecified atom stereocenters. The smallest absolute Gasteiger partial charge is 0.256 e. The first-order valence-corrected chi connectivity index (χ1v) is 7.03. The van der Waals surface area contributed by atoms with Crippen molar-refractivity contribution >= 4 is 22.1 Å². The molecule has 0 spiro atoms. The number of aromatic nitrogens is 1. The van der Waals surface area contributed by atoms with Crippen molar-refractivity contribution < 1.29 is 5.11 Å². The van der Waals surface area contributed by atoms with E-state index in [1.807, 2.05) is 48.5 Å². The number of pyridine rings is 1. The number of benzene rings is 2. The van der Waals surface area contributed by atoms with Crippen LogP contribution >= 0.6 is 0 Å². The van der Waals surface area contributed by atoms with Crippen molar-refractivity contribution in [3.8, 4) is 16.9 Å². The van der Waals surface area contributed by atoms with Gasteiger partial charge < -0.3 is 5.11 Å². The molecule has 4 nitrogen and oxygen atoms in total. The Hall–Kier alpha value is -3.14. The molecule has 2 aromatic carbocycles. The molecule has 0 fully saturated rings. The Kier molecular flexibility index (Phi) is 1.96. The fourth-order valence-corrected chi connectivity index (χ4v) is 3.29. The van der Waals surface area contributed by atoms with Crippen molar-refractivity contribution in [2.45, 2.75) is 0 Å². The van der Waals surface area contributed by atoms with Gasteiger partial charge in [-0.15, -0.1) is 0 Å². The second kappa shape index (κ2) is 3.74. The normalized spacial score (nSPS) is 12.4. The summed E-state index contributed by atoms with van der Waals surface area (Å²) in [6.07, 6.45) is 0. The number of hydrogen-bond acceptors (Lipinski definition) is 3. The van der Waals surface area contributed by atoms with E-state index >= 15 is 0 Å². The SMILES string of the molecule is O=c1cc2c(c3c(O)c4ccccc4n13)=Nc1ccccc1-2.